The lowest BCUT2D eigenvalue weighted by Crippen LogP contribution is -2.25. The van der Waals surface area contributed by atoms with Crippen LogP contribution >= 0.6 is 0 Å². The van der Waals surface area contributed by atoms with E-state index < -0.39 is 0 Å². The molecule has 0 spiro atoms. The number of methoxy groups -OCH3 is 1. The van der Waals surface area contributed by atoms with Gasteiger partial charge >= 0.3 is 0 Å². The van der Waals surface area contributed by atoms with Crippen LogP contribution in [-0.2, 0) is 9.47 Å². The average molecular weight is 188 g/mol. The Morgan fingerprint density at radius 2 is 2.31 bits per heavy atom. The minimum Gasteiger partial charge on any atom is -0.396 e. The van der Waals surface area contributed by atoms with E-state index in [0.717, 1.165) is 45.5 Å². The van der Waals surface area contributed by atoms with Crippen LogP contribution in [0.1, 0.15) is 25.7 Å². The molecular formula is C10H20O3. The van der Waals surface area contributed by atoms with Gasteiger partial charge in [0.15, 0.2) is 0 Å². The molecule has 1 saturated heterocycles. The molecule has 0 bridgehead atoms. The summed E-state index contributed by atoms with van der Waals surface area (Å²) in [6.07, 6.45) is 4.28. The first kappa shape index (κ1) is 11.0. The maximum Gasteiger partial charge on any atom is 0.0545 e. The Balaban J connectivity index is 2.16. The standard InChI is InChI=1S/C10H20O3/c1-12-6-3-2-4-10(8-11)5-7-13-9-10/h11H,2-9H2,1H3. The maximum atomic E-state index is 9.26. The molecule has 1 aliphatic heterocycles. The molecule has 0 saturated carbocycles. The average Bonchev–Trinajstić information content (AvgIpc) is 2.62. The van der Waals surface area contributed by atoms with E-state index in [2.05, 4.69) is 0 Å². The molecule has 13 heavy (non-hydrogen) atoms. The minimum atomic E-state index is 0.0632. The largest absolute Gasteiger partial charge is 0.396 e. The van der Waals surface area contributed by atoms with Crippen LogP contribution in [0.3, 0.4) is 0 Å². The Labute approximate surface area is 80.0 Å². The van der Waals surface area contributed by atoms with Gasteiger partial charge in [0.2, 0.25) is 0 Å². The molecule has 1 fully saturated rings. The van der Waals surface area contributed by atoms with E-state index in [1.54, 1.807) is 7.11 Å². The Bertz CT molecular complexity index is 130. The van der Waals surface area contributed by atoms with Crippen LogP contribution in [0.2, 0.25) is 0 Å². The third-order valence-corrected chi connectivity index (χ3v) is 2.83. The normalized spacial score (nSPS) is 28.2. The Morgan fingerprint density at radius 1 is 1.46 bits per heavy atom. The summed E-state index contributed by atoms with van der Waals surface area (Å²) in [5.41, 5.74) is 0.0632. The van der Waals surface area contributed by atoms with Crippen molar-refractivity contribution in [3.8, 4) is 0 Å². The Hall–Kier alpha value is -0.120. The summed E-state index contributed by atoms with van der Waals surface area (Å²) in [7, 11) is 1.72. The van der Waals surface area contributed by atoms with Gasteiger partial charge < -0.3 is 14.6 Å². The van der Waals surface area contributed by atoms with Crippen molar-refractivity contribution in [1.82, 2.24) is 0 Å². The lowest BCUT2D eigenvalue weighted by molar-refractivity contribution is 0.0817. The summed E-state index contributed by atoms with van der Waals surface area (Å²) in [5, 5.41) is 9.26. The fourth-order valence-electron chi connectivity index (χ4n) is 1.80. The van der Waals surface area contributed by atoms with Crippen molar-refractivity contribution in [3.05, 3.63) is 0 Å². The first-order chi connectivity index (χ1) is 6.33. The van der Waals surface area contributed by atoms with Crippen molar-refractivity contribution < 1.29 is 14.6 Å². The van der Waals surface area contributed by atoms with Crippen molar-refractivity contribution in [2.45, 2.75) is 25.7 Å². The number of aliphatic hydroxyl groups excluding tert-OH is 1. The van der Waals surface area contributed by atoms with Crippen molar-refractivity contribution in [1.29, 1.82) is 0 Å². The van der Waals surface area contributed by atoms with E-state index in [0.29, 0.717) is 0 Å². The van der Waals surface area contributed by atoms with Gasteiger partial charge in [-0.2, -0.15) is 0 Å². The van der Waals surface area contributed by atoms with Crippen LogP contribution < -0.4 is 0 Å². The van der Waals surface area contributed by atoms with Crippen LogP contribution in [0.25, 0.3) is 0 Å². The third kappa shape index (κ3) is 3.25. The van der Waals surface area contributed by atoms with Crippen LogP contribution in [0.15, 0.2) is 0 Å². The van der Waals surface area contributed by atoms with Crippen molar-refractivity contribution >= 4 is 0 Å². The first-order valence-electron chi connectivity index (χ1n) is 5.00. The molecule has 1 rings (SSSR count). The van der Waals surface area contributed by atoms with Crippen LogP contribution in [0, 0.1) is 5.41 Å². The highest BCUT2D eigenvalue weighted by Gasteiger charge is 2.33. The van der Waals surface area contributed by atoms with E-state index in [4.69, 9.17) is 9.47 Å². The van der Waals surface area contributed by atoms with E-state index in [-0.39, 0.29) is 12.0 Å². The number of hydrogen-bond donors (Lipinski definition) is 1. The lowest BCUT2D eigenvalue weighted by atomic mass is 9.83. The van der Waals surface area contributed by atoms with Gasteiger partial charge in [0.05, 0.1) is 13.2 Å². The number of ether oxygens (including phenoxy) is 2. The maximum absolute atomic E-state index is 9.26. The van der Waals surface area contributed by atoms with Gasteiger partial charge in [-0.1, -0.05) is 6.42 Å². The number of rotatable bonds is 6. The second kappa shape index (κ2) is 5.58. The molecule has 3 nitrogen and oxygen atoms in total. The molecular weight excluding hydrogens is 168 g/mol. The highest BCUT2D eigenvalue weighted by Crippen LogP contribution is 2.33. The molecule has 0 amide bonds. The predicted molar refractivity (Wildman–Crippen MR) is 50.7 cm³/mol. The third-order valence-electron chi connectivity index (χ3n) is 2.83. The highest BCUT2D eigenvalue weighted by molar-refractivity contribution is 4.82. The summed E-state index contributed by atoms with van der Waals surface area (Å²) >= 11 is 0. The molecule has 1 heterocycles. The van der Waals surface area contributed by atoms with Crippen molar-refractivity contribution in [2.75, 3.05) is 33.5 Å². The first-order valence-corrected chi connectivity index (χ1v) is 5.00. The van der Waals surface area contributed by atoms with Crippen molar-refractivity contribution in [3.63, 3.8) is 0 Å². The summed E-state index contributed by atoms with van der Waals surface area (Å²) in [4.78, 5) is 0. The predicted octanol–water partition coefficient (Wildman–Crippen LogP) is 1.20. The molecule has 1 atom stereocenters. The van der Waals surface area contributed by atoms with Crippen LogP contribution in [-0.4, -0.2) is 38.6 Å². The van der Waals surface area contributed by atoms with Gasteiger partial charge in [-0.25, -0.2) is 0 Å². The summed E-state index contributed by atoms with van der Waals surface area (Å²) in [5.74, 6) is 0. The fraction of sp³-hybridized carbons (Fsp3) is 1.00. The molecule has 1 aliphatic rings. The van der Waals surface area contributed by atoms with Gasteiger partial charge in [-0.15, -0.1) is 0 Å². The van der Waals surface area contributed by atoms with Gasteiger partial charge in [-0.05, 0) is 19.3 Å². The second-order valence-electron chi connectivity index (χ2n) is 3.91. The molecule has 0 aromatic heterocycles. The SMILES string of the molecule is COCCCCC1(CO)CCOC1. The molecule has 3 heteroatoms. The monoisotopic (exact) mass is 188 g/mol. The van der Waals surface area contributed by atoms with E-state index in [9.17, 15) is 5.11 Å². The van der Waals surface area contributed by atoms with Gasteiger partial charge in [0, 0.05) is 25.7 Å². The van der Waals surface area contributed by atoms with Crippen LogP contribution in [0.5, 0.6) is 0 Å². The zero-order valence-corrected chi connectivity index (χ0v) is 8.42. The fourth-order valence-corrected chi connectivity index (χ4v) is 1.80. The van der Waals surface area contributed by atoms with Gasteiger partial charge in [0.1, 0.15) is 0 Å². The lowest BCUT2D eigenvalue weighted by Gasteiger charge is -2.24. The van der Waals surface area contributed by atoms with E-state index >= 15 is 0 Å². The summed E-state index contributed by atoms with van der Waals surface area (Å²) in [6.45, 7) is 2.63. The number of aliphatic hydroxyl groups is 1. The molecule has 0 aromatic carbocycles. The summed E-state index contributed by atoms with van der Waals surface area (Å²) in [6, 6.07) is 0. The smallest absolute Gasteiger partial charge is 0.0545 e. The number of unbranched alkanes of at least 4 members (excludes halogenated alkanes) is 1. The molecule has 1 N–H and O–H groups in total. The molecule has 0 radical (unpaired) electrons. The van der Waals surface area contributed by atoms with E-state index in [1.807, 2.05) is 0 Å². The van der Waals surface area contributed by atoms with Crippen molar-refractivity contribution in [2.24, 2.45) is 5.41 Å². The molecule has 0 aromatic rings. The quantitative estimate of drug-likeness (QED) is 0.637. The van der Waals surface area contributed by atoms with Gasteiger partial charge in [-0.3, -0.25) is 0 Å². The van der Waals surface area contributed by atoms with Gasteiger partial charge in [0.25, 0.3) is 0 Å². The molecule has 0 aliphatic carbocycles. The van der Waals surface area contributed by atoms with E-state index in [1.165, 1.54) is 0 Å². The zero-order valence-electron chi connectivity index (χ0n) is 8.42. The highest BCUT2D eigenvalue weighted by atomic mass is 16.5. The Morgan fingerprint density at radius 3 is 2.85 bits per heavy atom. The topological polar surface area (TPSA) is 38.7 Å². The molecule has 78 valence electrons. The number of hydrogen-bond acceptors (Lipinski definition) is 3. The zero-order chi connectivity index (χ0) is 9.57. The summed E-state index contributed by atoms with van der Waals surface area (Å²) < 4.78 is 10.3. The second-order valence-corrected chi connectivity index (χ2v) is 3.91. The van der Waals surface area contributed by atoms with Crippen LogP contribution in [0.4, 0.5) is 0 Å². The Kier molecular flexibility index (Phi) is 4.70. The minimum absolute atomic E-state index is 0.0632. The molecule has 1 unspecified atom stereocenters.